The average molecular weight is 354 g/mol. The van der Waals surface area contributed by atoms with Crippen LogP contribution in [-0.4, -0.2) is 47.6 Å². The molecule has 4 N–H and O–H groups in total. The number of carbonyl (C=O) groups excluding carboxylic acids is 2. The molecule has 0 spiro atoms. The number of nitrogens with zero attached hydrogens (tertiary/aromatic N) is 1. The Labute approximate surface area is 151 Å². The first-order chi connectivity index (χ1) is 12.6. The van der Waals surface area contributed by atoms with Crippen LogP contribution in [-0.2, 0) is 0 Å². The number of anilines is 1. The van der Waals surface area contributed by atoms with E-state index in [-0.39, 0.29) is 17.7 Å². The average Bonchev–Trinajstić information content (AvgIpc) is 3.07. The van der Waals surface area contributed by atoms with Crippen LogP contribution in [0.25, 0.3) is 0 Å². The maximum absolute atomic E-state index is 12.6. The molecular weight excluding hydrogens is 332 g/mol. The molecule has 7 heteroatoms. The third kappa shape index (κ3) is 4.07. The molecule has 7 nitrogen and oxygen atoms in total. The summed E-state index contributed by atoms with van der Waals surface area (Å²) in [6.45, 7) is 3.42. The molecule has 136 valence electrons. The zero-order valence-corrected chi connectivity index (χ0v) is 14.5. The molecule has 3 rings (SSSR count). The summed E-state index contributed by atoms with van der Waals surface area (Å²) in [4.78, 5) is 29.0. The topological polar surface area (TPSA) is 103 Å². The van der Waals surface area contributed by atoms with Gasteiger partial charge in [-0.05, 0) is 30.7 Å². The van der Waals surface area contributed by atoms with Crippen LogP contribution < -0.4 is 16.0 Å². The summed E-state index contributed by atoms with van der Waals surface area (Å²) >= 11 is 0. The number of hydrogen-bond donors (Lipinski definition) is 4. The summed E-state index contributed by atoms with van der Waals surface area (Å²) in [5.74, 6) is -0.595. The van der Waals surface area contributed by atoms with Crippen molar-refractivity contribution in [3.8, 4) is 0 Å². The summed E-state index contributed by atoms with van der Waals surface area (Å²) in [5.41, 5.74) is 2.14. The lowest BCUT2D eigenvalue weighted by Gasteiger charge is -2.17. The maximum atomic E-state index is 12.6. The first-order valence-electron chi connectivity index (χ1n) is 8.54. The molecule has 1 saturated heterocycles. The monoisotopic (exact) mass is 354 g/mol. The standard InChI is InChI=1S/C19H22N4O3/c1-12-3-2-4-15(19(26)22-10-14-9-21-11-16(14)24)17(12)23-18(25)13-5-7-20-8-6-13/h2-8,14,16,21,24H,9-11H2,1H3,(H,22,26)(H,23,25). The summed E-state index contributed by atoms with van der Waals surface area (Å²) in [6, 6.07) is 8.51. The predicted octanol–water partition coefficient (Wildman–Crippen LogP) is 0.952. The van der Waals surface area contributed by atoms with E-state index in [1.807, 2.05) is 13.0 Å². The number of carbonyl (C=O) groups is 2. The summed E-state index contributed by atoms with van der Waals surface area (Å²) in [7, 11) is 0. The van der Waals surface area contributed by atoms with Crippen LogP contribution >= 0.6 is 0 Å². The lowest BCUT2D eigenvalue weighted by molar-refractivity contribution is 0.0928. The largest absolute Gasteiger partial charge is 0.391 e. The second-order valence-corrected chi connectivity index (χ2v) is 6.38. The number of aliphatic hydroxyl groups excluding tert-OH is 1. The van der Waals surface area contributed by atoms with Crippen molar-refractivity contribution in [2.45, 2.75) is 13.0 Å². The highest BCUT2D eigenvalue weighted by atomic mass is 16.3. The van der Waals surface area contributed by atoms with Gasteiger partial charge in [-0.2, -0.15) is 0 Å². The predicted molar refractivity (Wildman–Crippen MR) is 98.1 cm³/mol. The van der Waals surface area contributed by atoms with Gasteiger partial charge in [0.15, 0.2) is 0 Å². The number of aromatic nitrogens is 1. The Kier molecular flexibility index (Phi) is 5.60. The Morgan fingerprint density at radius 3 is 2.65 bits per heavy atom. The molecule has 1 aliphatic heterocycles. The SMILES string of the molecule is Cc1cccc(C(=O)NCC2CNCC2O)c1NC(=O)c1ccncc1. The Morgan fingerprint density at radius 2 is 1.96 bits per heavy atom. The van der Waals surface area contributed by atoms with E-state index < -0.39 is 6.10 Å². The van der Waals surface area contributed by atoms with Crippen molar-refractivity contribution >= 4 is 17.5 Å². The van der Waals surface area contributed by atoms with Gasteiger partial charge >= 0.3 is 0 Å². The number of para-hydroxylation sites is 1. The molecule has 0 saturated carbocycles. The zero-order valence-electron chi connectivity index (χ0n) is 14.5. The lowest BCUT2D eigenvalue weighted by atomic mass is 10.0. The molecule has 0 bridgehead atoms. The van der Waals surface area contributed by atoms with Crippen molar-refractivity contribution in [2.24, 2.45) is 5.92 Å². The van der Waals surface area contributed by atoms with E-state index >= 15 is 0 Å². The van der Waals surface area contributed by atoms with E-state index in [0.717, 1.165) is 5.56 Å². The minimum atomic E-state index is -0.460. The summed E-state index contributed by atoms with van der Waals surface area (Å²) in [5, 5.41) is 18.6. The number of aliphatic hydroxyl groups is 1. The second kappa shape index (κ2) is 8.07. The fourth-order valence-electron chi connectivity index (χ4n) is 2.96. The van der Waals surface area contributed by atoms with E-state index in [1.165, 1.54) is 0 Å². The van der Waals surface area contributed by atoms with Crippen molar-refractivity contribution in [1.29, 1.82) is 0 Å². The van der Waals surface area contributed by atoms with Gasteiger partial charge in [0.05, 0.1) is 17.4 Å². The van der Waals surface area contributed by atoms with Crippen molar-refractivity contribution < 1.29 is 14.7 Å². The normalized spacial score (nSPS) is 19.2. The highest BCUT2D eigenvalue weighted by Gasteiger charge is 2.25. The van der Waals surface area contributed by atoms with Crippen LogP contribution in [0.4, 0.5) is 5.69 Å². The highest BCUT2D eigenvalue weighted by Crippen LogP contribution is 2.21. The Morgan fingerprint density at radius 1 is 1.19 bits per heavy atom. The van der Waals surface area contributed by atoms with Crippen LogP contribution in [0.1, 0.15) is 26.3 Å². The highest BCUT2D eigenvalue weighted by molar-refractivity contribution is 6.09. The van der Waals surface area contributed by atoms with Gasteiger partial charge in [-0.1, -0.05) is 12.1 Å². The van der Waals surface area contributed by atoms with Crippen molar-refractivity contribution in [3.05, 3.63) is 59.4 Å². The zero-order chi connectivity index (χ0) is 18.5. The first kappa shape index (κ1) is 18.0. The van der Waals surface area contributed by atoms with Crippen molar-refractivity contribution in [3.63, 3.8) is 0 Å². The van der Waals surface area contributed by atoms with Gasteiger partial charge in [-0.15, -0.1) is 0 Å². The number of β-amino-alcohol motifs (C(OH)–C–C–N with tert-alkyl or cyclic N) is 1. The Hall–Kier alpha value is -2.77. The molecule has 1 aromatic carbocycles. The van der Waals surface area contributed by atoms with Crippen LogP contribution in [0.3, 0.4) is 0 Å². The summed E-state index contributed by atoms with van der Waals surface area (Å²) in [6.07, 6.45) is 2.63. The quantitative estimate of drug-likeness (QED) is 0.640. The molecule has 2 aromatic rings. The third-order valence-electron chi connectivity index (χ3n) is 4.53. The molecule has 1 fully saturated rings. The van der Waals surface area contributed by atoms with E-state index in [2.05, 4.69) is 20.9 Å². The smallest absolute Gasteiger partial charge is 0.255 e. The van der Waals surface area contributed by atoms with Gasteiger partial charge in [-0.25, -0.2) is 0 Å². The van der Waals surface area contributed by atoms with Gasteiger partial charge in [0.25, 0.3) is 11.8 Å². The molecule has 2 unspecified atom stereocenters. The molecule has 1 aliphatic rings. The van der Waals surface area contributed by atoms with E-state index in [9.17, 15) is 14.7 Å². The molecule has 0 aliphatic carbocycles. The number of rotatable bonds is 5. The molecule has 2 atom stereocenters. The third-order valence-corrected chi connectivity index (χ3v) is 4.53. The van der Waals surface area contributed by atoms with E-state index in [0.29, 0.717) is 36.4 Å². The molecule has 2 amide bonds. The molecule has 26 heavy (non-hydrogen) atoms. The maximum Gasteiger partial charge on any atom is 0.255 e. The Bertz CT molecular complexity index is 795. The molecule has 0 radical (unpaired) electrons. The van der Waals surface area contributed by atoms with Crippen LogP contribution in [0.5, 0.6) is 0 Å². The summed E-state index contributed by atoms with van der Waals surface area (Å²) < 4.78 is 0. The number of benzene rings is 1. The number of hydrogen-bond acceptors (Lipinski definition) is 5. The van der Waals surface area contributed by atoms with Gasteiger partial charge in [0, 0.05) is 43.5 Å². The fraction of sp³-hybridized carbons (Fsp3) is 0.316. The molecule has 1 aromatic heterocycles. The van der Waals surface area contributed by atoms with Crippen LogP contribution in [0.15, 0.2) is 42.7 Å². The van der Waals surface area contributed by atoms with E-state index in [1.54, 1.807) is 36.7 Å². The minimum Gasteiger partial charge on any atom is -0.391 e. The first-order valence-corrected chi connectivity index (χ1v) is 8.54. The number of aryl methyl sites for hydroxylation is 1. The van der Waals surface area contributed by atoms with Crippen LogP contribution in [0.2, 0.25) is 0 Å². The van der Waals surface area contributed by atoms with Gasteiger partial charge in [0.2, 0.25) is 0 Å². The lowest BCUT2D eigenvalue weighted by Crippen LogP contribution is -2.34. The van der Waals surface area contributed by atoms with Gasteiger partial charge in [-0.3, -0.25) is 14.6 Å². The molecule has 2 heterocycles. The number of nitrogens with one attached hydrogen (secondary N) is 3. The minimum absolute atomic E-state index is 0.0152. The van der Waals surface area contributed by atoms with Gasteiger partial charge < -0.3 is 21.1 Å². The fourth-order valence-corrected chi connectivity index (χ4v) is 2.96. The Balaban J connectivity index is 1.74. The van der Waals surface area contributed by atoms with Crippen LogP contribution in [0, 0.1) is 12.8 Å². The molecular formula is C19H22N4O3. The van der Waals surface area contributed by atoms with Gasteiger partial charge in [0.1, 0.15) is 0 Å². The van der Waals surface area contributed by atoms with E-state index in [4.69, 9.17) is 0 Å². The van der Waals surface area contributed by atoms with Crippen molar-refractivity contribution in [2.75, 3.05) is 25.0 Å². The van der Waals surface area contributed by atoms with Crippen molar-refractivity contribution in [1.82, 2.24) is 15.6 Å². The number of amides is 2. The number of pyridine rings is 1. The second-order valence-electron chi connectivity index (χ2n) is 6.38.